The van der Waals surface area contributed by atoms with Crippen LogP contribution >= 0.6 is 0 Å². The Labute approximate surface area is 175 Å². The summed E-state index contributed by atoms with van der Waals surface area (Å²) in [5.74, 6) is -0.435. The second-order valence-corrected chi connectivity index (χ2v) is 8.09. The van der Waals surface area contributed by atoms with Gasteiger partial charge in [0.2, 0.25) is 0 Å². The van der Waals surface area contributed by atoms with E-state index in [1.54, 1.807) is 19.2 Å². The Morgan fingerprint density at radius 1 is 1.20 bits per heavy atom. The Kier molecular flexibility index (Phi) is 5.27. The van der Waals surface area contributed by atoms with Gasteiger partial charge in [-0.15, -0.1) is 0 Å². The van der Waals surface area contributed by atoms with E-state index >= 15 is 0 Å². The summed E-state index contributed by atoms with van der Waals surface area (Å²) in [5, 5.41) is 26.1. The number of phenols is 1. The highest BCUT2D eigenvalue weighted by Gasteiger charge is 2.50. The van der Waals surface area contributed by atoms with Crippen molar-refractivity contribution in [3.05, 3.63) is 53.7 Å². The number of hydrogen-bond donors (Lipinski definition) is 4. The second-order valence-electron chi connectivity index (χ2n) is 8.09. The molecule has 0 spiro atoms. The standard InChI is InChI=1S/C23H28N4O3/c1-24-12-11-23(30)16-6-4-5-7-18(16)27(22(23)29)21-19(28)9-8-17-20(21)15(14-25-17)10-13-26(2)3/h4-9,14,24-25,28,30H,10-13H2,1-3H3/t23-/m0/s1. The van der Waals surface area contributed by atoms with Crippen LogP contribution in [0.5, 0.6) is 5.75 Å². The summed E-state index contributed by atoms with van der Waals surface area (Å²) in [6.07, 6.45) is 2.93. The Morgan fingerprint density at radius 3 is 2.70 bits per heavy atom. The van der Waals surface area contributed by atoms with Gasteiger partial charge >= 0.3 is 0 Å². The molecule has 7 heteroatoms. The summed E-state index contributed by atoms with van der Waals surface area (Å²) in [5.41, 5.74) is 1.79. The summed E-state index contributed by atoms with van der Waals surface area (Å²) in [6, 6.07) is 10.7. The normalized spacial score (nSPS) is 18.6. The number of aromatic amines is 1. The van der Waals surface area contributed by atoms with E-state index in [-0.39, 0.29) is 12.2 Å². The molecule has 1 aliphatic heterocycles. The largest absolute Gasteiger partial charge is 0.506 e. The molecule has 1 aromatic heterocycles. The van der Waals surface area contributed by atoms with Crippen molar-refractivity contribution in [2.75, 3.05) is 39.1 Å². The minimum atomic E-state index is -1.64. The Morgan fingerprint density at radius 2 is 1.97 bits per heavy atom. The lowest BCUT2D eigenvalue weighted by molar-refractivity contribution is -0.135. The van der Waals surface area contributed by atoms with E-state index in [1.807, 2.05) is 44.6 Å². The summed E-state index contributed by atoms with van der Waals surface area (Å²) < 4.78 is 0. The Balaban J connectivity index is 1.91. The van der Waals surface area contributed by atoms with E-state index in [1.165, 1.54) is 4.90 Å². The summed E-state index contributed by atoms with van der Waals surface area (Å²) >= 11 is 0. The summed E-state index contributed by atoms with van der Waals surface area (Å²) in [6.45, 7) is 1.32. The average Bonchev–Trinajstić information content (AvgIpc) is 3.24. The first-order chi connectivity index (χ1) is 14.4. The lowest BCUT2D eigenvalue weighted by Gasteiger charge is -2.24. The third-order valence-corrected chi connectivity index (χ3v) is 5.82. The summed E-state index contributed by atoms with van der Waals surface area (Å²) in [4.78, 5) is 20.4. The van der Waals surface area contributed by atoms with Gasteiger partial charge in [-0.1, -0.05) is 18.2 Å². The van der Waals surface area contributed by atoms with Crippen LogP contribution in [0.3, 0.4) is 0 Å². The van der Waals surface area contributed by atoms with E-state index in [0.717, 1.165) is 29.4 Å². The quantitative estimate of drug-likeness (QED) is 0.482. The molecule has 2 heterocycles. The van der Waals surface area contributed by atoms with Crippen LogP contribution in [-0.4, -0.2) is 60.2 Å². The Hall–Kier alpha value is -2.87. The van der Waals surface area contributed by atoms with Crippen LogP contribution in [0.15, 0.2) is 42.6 Å². The third kappa shape index (κ3) is 3.15. The SMILES string of the molecule is CNCC[C@@]1(O)C(=O)N(c2c(O)ccc3[nH]cc(CCN(C)C)c23)c2ccccc21. The maximum Gasteiger partial charge on any atom is 0.268 e. The fourth-order valence-corrected chi connectivity index (χ4v) is 4.23. The zero-order valence-electron chi connectivity index (χ0n) is 17.6. The molecule has 1 amide bonds. The number of carbonyl (C=O) groups is 1. The Bertz CT molecular complexity index is 1090. The molecule has 4 N–H and O–H groups in total. The van der Waals surface area contributed by atoms with Gasteiger partial charge in [0.25, 0.3) is 5.91 Å². The first-order valence-corrected chi connectivity index (χ1v) is 10.2. The van der Waals surface area contributed by atoms with Crippen LogP contribution < -0.4 is 10.2 Å². The first-order valence-electron chi connectivity index (χ1n) is 10.2. The minimum Gasteiger partial charge on any atom is -0.506 e. The van der Waals surface area contributed by atoms with Crippen molar-refractivity contribution in [1.82, 2.24) is 15.2 Å². The molecule has 2 aromatic carbocycles. The van der Waals surface area contributed by atoms with Crippen molar-refractivity contribution in [3.8, 4) is 5.75 Å². The highest BCUT2D eigenvalue weighted by molar-refractivity contribution is 6.17. The van der Waals surface area contributed by atoms with Crippen molar-refractivity contribution in [2.45, 2.75) is 18.4 Å². The highest BCUT2D eigenvalue weighted by atomic mass is 16.3. The highest BCUT2D eigenvalue weighted by Crippen LogP contribution is 2.50. The smallest absolute Gasteiger partial charge is 0.268 e. The van der Waals surface area contributed by atoms with Crippen molar-refractivity contribution in [1.29, 1.82) is 0 Å². The van der Waals surface area contributed by atoms with E-state index in [4.69, 9.17) is 0 Å². The van der Waals surface area contributed by atoms with Crippen LogP contribution in [0.2, 0.25) is 0 Å². The number of H-pyrrole nitrogens is 1. The number of anilines is 2. The molecule has 7 nitrogen and oxygen atoms in total. The predicted octanol–water partition coefficient (Wildman–Crippen LogP) is 2.45. The number of aromatic nitrogens is 1. The number of aromatic hydroxyl groups is 1. The zero-order chi connectivity index (χ0) is 21.5. The summed E-state index contributed by atoms with van der Waals surface area (Å²) in [7, 11) is 5.81. The van der Waals surface area contributed by atoms with Gasteiger partial charge in [-0.3, -0.25) is 9.69 Å². The molecule has 0 unspecified atom stereocenters. The van der Waals surface area contributed by atoms with E-state index in [2.05, 4.69) is 15.2 Å². The number of nitrogens with one attached hydrogen (secondary N) is 2. The number of amides is 1. The van der Waals surface area contributed by atoms with Crippen LogP contribution in [0.1, 0.15) is 17.5 Å². The molecule has 3 aromatic rings. The zero-order valence-corrected chi connectivity index (χ0v) is 17.6. The molecule has 0 bridgehead atoms. The molecule has 0 radical (unpaired) electrons. The van der Waals surface area contributed by atoms with Crippen molar-refractivity contribution in [3.63, 3.8) is 0 Å². The molecule has 30 heavy (non-hydrogen) atoms. The molecule has 1 atom stereocenters. The van der Waals surface area contributed by atoms with Gasteiger partial charge in [0.15, 0.2) is 5.60 Å². The maximum atomic E-state index is 13.6. The molecular weight excluding hydrogens is 380 g/mol. The molecule has 0 saturated carbocycles. The molecule has 0 fully saturated rings. The van der Waals surface area contributed by atoms with Crippen molar-refractivity contribution < 1.29 is 15.0 Å². The van der Waals surface area contributed by atoms with Gasteiger partial charge in [-0.05, 0) is 57.9 Å². The number of para-hydroxylation sites is 1. The van der Waals surface area contributed by atoms with Crippen LogP contribution in [0.4, 0.5) is 11.4 Å². The number of rotatable bonds is 7. The fraction of sp³-hybridized carbons (Fsp3) is 0.348. The average molecular weight is 409 g/mol. The lowest BCUT2D eigenvalue weighted by Crippen LogP contribution is -2.40. The van der Waals surface area contributed by atoms with Crippen LogP contribution in [0.25, 0.3) is 10.9 Å². The number of benzene rings is 2. The maximum absolute atomic E-state index is 13.6. The molecule has 158 valence electrons. The van der Waals surface area contributed by atoms with Gasteiger partial charge in [-0.25, -0.2) is 0 Å². The number of aliphatic hydroxyl groups is 1. The lowest BCUT2D eigenvalue weighted by atomic mass is 9.92. The number of hydrogen-bond acceptors (Lipinski definition) is 5. The monoisotopic (exact) mass is 408 g/mol. The van der Waals surface area contributed by atoms with E-state index in [9.17, 15) is 15.0 Å². The molecule has 1 aliphatic rings. The van der Waals surface area contributed by atoms with Gasteiger partial charge in [0.05, 0.1) is 5.69 Å². The molecular formula is C23H28N4O3. The van der Waals surface area contributed by atoms with Gasteiger partial charge in [0.1, 0.15) is 11.4 Å². The van der Waals surface area contributed by atoms with Crippen molar-refractivity contribution in [2.24, 2.45) is 0 Å². The fourth-order valence-electron chi connectivity index (χ4n) is 4.23. The first kappa shape index (κ1) is 20.4. The number of carbonyl (C=O) groups excluding carboxylic acids is 1. The predicted molar refractivity (Wildman–Crippen MR) is 118 cm³/mol. The third-order valence-electron chi connectivity index (χ3n) is 5.82. The topological polar surface area (TPSA) is 91.8 Å². The minimum absolute atomic E-state index is 0.00854. The molecule has 0 aliphatic carbocycles. The van der Waals surface area contributed by atoms with Gasteiger partial charge < -0.3 is 25.4 Å². The molecule has 0 saturated heterocycles. The molecule has 4 rings (SSSR count). The van der Waals surface area contributed by atoms with Gasteiger partial charge in [0, 0.05) is 35.6 Å². The van der Waals surface area contributed by atoms with Crippen LogP contribution in [0, 0.1) is 0 Å². The van der Waals surface area contributed by atoms with E-state index in [0.29, 0.717) is 23.5 Å². The number of likely N-dealkylation sites (N-methyl/N-ethyl adjacent to an activating group) is 1. The van der Waals surface area contributed by atoms with Crippen LogP contribution in [-0.2, 0) is 16.8 Å². The number of nitrogens with zero attached hydrogens (tertiary/aromatic N) is 2. The van der Waals surface area contributed by atoms with E-state index < -0.39 is 11.5 Å². The van der Waals surface area contributed by atoms with Gasteiger partial charge in [-0.2, -0.15) is 0 Å². The number of phenolic OH excluding ortho intramolecular Hbond substituents is 1. The van der Waals surface area contributed by atoms with Crippen molar-refractivity contribution >= 4 is 28.2 Å². The number of fused-ring (bicyclic) bond motifs is 2. The second kappa shape index (κ2) is 7.75.